The summed E-state index contributed by atoms with van der Waals surface area (Å²) >= 11 is 1.53. The van der Waals surface area contributed by atoms with E-state index < -0.39 is 0 Å². The van der Waals surface area contributed by atoms with E-state index in [-0.39, 0.29) is 11.8 Å². The zero-order chi connectivity index (χ0) is 18.5. The van der Waals surface area contributed by atoms with Crippen LogP contribution in [0.3, 0.4) is 0 Å². The summed E-state index contributed by atoms with van der Waals surface area (Å²) < 4.78 is 14.7. The van der Waals surface area contributed by atoms with Crippen molar-refractivity contribution in [3.05, 3.63) is 64.2 Å². The Hall–Kier alpha value is -2.74. The monoisotopic (exact) mass is 373 g/mol. The number of hydrogen-bond acceptors (Lipinski definition) is 4. The minimum atomic E-state index is -0.290. The molecule has 6 nitrogen and oxygen atoms in total. The molecule has 0 saturated carbocycles. The van der Waals surface area contributed by atoms with Gasteiger partial charge in [-0.1, -0.05) is 12.1 Å². The van der Waals surface area contributed by atoms with E-state index in [1.807, 2.05) is 30.0 Å². The van der Waals surface area contributed by atoms with E-state index in [0.717, 1.165) is 27.8 Å². The second-order valence-electron chi connectivity index (χ2n) is 5.95. The zero-order valence-electron chi connectivity index (χ0n) is 14.6. The molecule has 0 unspecified atom stereocenters. The van der Waals surface area contributed by atoms with Crippen LogP contribution in [0.5, 0.6) is 0 Å². The molecule has 0 atom stereocenters. The molecule has 0 aliphatic heterocycles. The van der Waals surface area contributed by atoms with Gasteiger partial charge in [0.05, 0.1) is 11.4 Å². The van der Waals surface area contributed by atoms with Crippen LogP contribution < -0.4 is 10.6 Å². The number of aryl methyl sites for hydroxylation is 2. The number of urea groups is 1. The molecule has 1 aromatic carbocycles. The van der Waals surface area contributed by atoms with Crippen LogP contribution in [-0.2, 0) is 13.0 Å². The van der Waals surface area contributed by atoms with Gasteiger partial charge in [0.15, 0.2) is 0 Å². The number of halogens is 1. The Balaban J connectivity index is 1.44. The lowest BCUT2D eigenvalue weighted by Gasteiger charge is -2.07. The Morgan fingerprint density at radius 2 is 2.00 bits per heavy atom. The molecule has 0 spiro atoms. The highest BCUT2D eigenvalue weighted by Crippen LogP contribution is 2.17. The molecule has 2 amide bonds. The van der Waals surface area contributed by atoms with Crippen LogP contribution >= 0.6 is 11.3 Å². The van der Waals surface area contributed by atoms with Crippen molar-refractivity contribution in [2.24, 2.45) is 0 Å². The first-order valence-corrected chi connectivity index (χ1v) is 9.13. The van der Waals surface area contributed by atoms with Gasteiger partial charge >= 0.3 is 6.03 Å². The predicted molar refractivity (Wildman–Crippen MR) is 99.1 cm³/mol. The molecule has 2 N–H and O–H groups in total. The number of carbonyl (C=O) groups is 1. The van der Waals surface area contributed by atoms with Gasteiger partial charge in [-0.2, -0.15) is 5.10 Å². The lowest BCUT2D eigenvalue weighted by atomic mass is 10.2. The molecule has 0 fully saturated rings. The summed E-state index contributed by atoms with van der Waals surface area (Å²) in [6.07, 6.45) is 0.639. The van der Waals surface area contributed by atoms with Crippen LogP contribution in [0.4, 0.5) is 9.18 Å². The summed E-state index contributed by atoms with van der Waals surface area (Å²) in [6.45, 7) is 4.78. The van der Waals surface area contributed by atoms with Crippen molar-refractivity contribution in [3.8, 4) is 5.13 Å². The van der Waals surface area contributed by atoms with E-state index in [9.17, 15) is 9.18 Å². The van der Waals surface area contributed by atoms with Crippen LogP contribution in [-0.4, -0.2) is 27.3 Å². The summed E-state index contributed by atoms with van der Waals surface area (Å²) in [5, 5.41) is 12.8. The summed E-state index contributed by atoms with van der Waals surface area (Å²) in [5.74, 6) is -0.290. The molecule has 0 aliphatic carbocycles. The molecule has 8 heteroatoms. The lowest BCUT2D eigenvalue weighted by Crippen LogP contribution is -2.36. The summed E-state index contributed by atoms with van der Waals surface area (Å²) in [6, 6.07) is 7.78. The Morgan fingerprint density at radius 3 is 2.69 bits per heavy atom. The van der Waals surface area contributed by atoms with Gasteiger partial charge in [-0.25, -0.2) is 18.9 Å². The molecule has 26 heavy (non-hydrogen) atoms. The first kappa shape index (κ1) is 18.1. The van der Waals surface area contributed by atoms with Gasteiger partial charge in [0.2, 0.25) is 5.13 Å². The largest absolute Gasteiger partial charge is 0.338 e. The van der Waals surface area contributed by atoms with E-state index in [2.05, 4.69) is 20.7 Å². The molecular weight excluding hydrogens is 353 g/mol. The quantitative estimate of drug-likeness (QED) is 0.697. The first-order chi connectivity index (χ1) is 12.5. The minimum Gasteiger partial charge on any atom is -0.338 e. The van der Waals surface area contributed by atoms with E-state index in [0.29, 0.717) is 19.5 Å². The molecule has 2 aromatic heterocycles. The maximum atomic E-state index is 12.8. The van der Waals surface area contributed by atoms with Crippen molar-refractivity contribution >= 4 is 17.4 Å². The fraction of sp³-hybridized carbons (Fsp3) is 0.278. The maximum absolute atomic E-state index is 12.8. The zero-order valence-corrected chi connectivity index (χ0v) is 15.4. The maximum Gasteiger partial charge on any atom is 0.315 e. The predicted octanol–water partition coefficient (Wildman–Crippen LogP) is 3.13. The molecule has 0 bridgehead atoms. The number of thiazole rings is 1. The highest BCUT2D eigenvalue weighted by Gasteiger charge is 2.09. The SMILES string of the molecule is Cc1cc(C)n(-c2nc(CCNC(=O)NCc3ccc(F)cc3)cs2)n1. The van der Waals surface area contributed by atoms with Crippen molar-refractivity contribution in [1.29, 1.82) is 0 Å². The van der Waals surface area contributed by atoms with Crippen LogP contribution in [0.2, 0.25) is 0 Å². The highest BCUT2D eigenvalue weighted by atomic mass is 32.1. The topological polar surface area (TPSA) is 71.8 Å². The fourth-order valence-corrected chi connectivity index (χ4v) is 3.35. The van der Waals surface area contributed by atoms with Crippen molar-refractivity contribution in [2.45, 2.75) is 26.8 Å². The number of nitrogens with one attached hydrogen (secondary N) is 2. The summed E-state index contributed by atoms with van der Waals surface area (Å²) in [5.41, 5.74) is 3.76. The molecule has 3 rings (SSSR count). The van der Waals surface area contributed by atoms with Gasteiger partial charge in [-0.3, -0.25) is 0 Å². The second kappa shape index (κ2) is 8.09. The van der Waals surface area contributed by atoms with Gasteiger partial charge in [0, 0.05) is 30.6 Å². The second-order valence-corrected chi connectivity index (χ2v) is 6.78. The van der Waals surface area contributed by atoms with Gasteiger partial charge < -0.3 is 10.6 Å². The van der Waals surface area contributed by atoms with E-state index in [4.69, 9.17) is 0 Å². The van der Waals surface area contributed by atoms with Gasteiger partial charge in [0.25, 0.3) is 0 Å². The van der Waals surface area contributed by atoms with E-state index in [1.54, 1.807) is 12.1 Å². The molecule has 136 valence electrons. The lowest BCUT2D eigenvalue weighted by molar-refractivity contribution is 0.240. The highest BCUT2D eigenvalue weighted by molar-refractivity contribution is 7.12. The average molecular weight is 373 g/mol. The molecular formula is C18H20FN5OS. The molecule has 0 radical (unpaired) electrons. The smallest absolute Gasteiger partial charge is 0.315 e. The van der Waals surface area contributed by atoms with Gasteiger partial charge in [-0.05, 0) is 37.6 Å². The number of carbonyl (C=O) groups excluding carboxylic acids is 1. The van der Waals surface area contributed by atoms with E-state index in [1.165, 1.54) is 23.5 Å². The van der Waals surface area contributed by atoms with E-state index >= 15 is 0 Å². The van der Waals surface area contributed by atoms with Crippen LogP contribution in [0.1, 0.15) is 22.6 Å². The number of nitrogens with zero attached hydrogens (tertiary/aromatic N) is 3. The third-order valence-corrected chi connectivity index (χ3v) is 4.63. The van der Waals surface area contributed by atoms with Crippen molar-refractivity contribution in [3.63, 3.8) is 0 Å². The van der Waals surface area contributed by atoms with Gasteiger partial charge in [-0.15, -0.1) is 11.3 Å². The fourth-order valence-electron chi connectivity index (χ4n) is 2.48. The molecule has 2 heterocycles. The number of rotatable bonds is 6. The molecule has 0 aliphatic rings. The number of benzene rings is 1. The number of aromatic nitrogens is 3. The molecule has 3 aromatic rings. The van der Waals surface area contributed by atoms with Crippen LogP contribution in [0, 0.1) is 19.7 Å². The Kier molecular flexibility index (Phi) is 5.62. The average Bonchev–Trinajstić information content (AvgIpc) is 3.20. The third-order valence-electron chi connectivity index (χ3n) is 3.76. The molecule has 0 saturated heterocycles. The Labute approximate surface area is 155 Å². The van der Waals surface area contributed by atoms with Crippen molar-refractivity contribution < 1.29 is 9.18 Å². The van der Waals surface area contributed by atoms with Gasteiger partial charge in [0.1, 0.15) is 5.82 Å². The Bertz CT molecular complexity index is 887. The van der Waals surface area contributed by atoms with Crippen molar-refractivity contribution in [1.82, 2.24) is 25.4 Å². The first-order valence-electron chi connectivity index (χ1n) is 8.25. The summed E-state index contributed by atoms with van der Waals surface area (Å²) in [7, 11) is 0. The normalized spacial score (nSPS) is 10.7. The third kappa shape index (κ3) is 4.66. The number of hydrogen-bond donors (Lipinski definition) is 2. The van der Waals surface area contributed by atoms with Crippen molar-refractivity contribution in [2.75, 3.05) is 6.54 Å². The van der Waals surface area contributed by atoms with Crippen LogP contribution in [0.15, 0.2) is 35.7 Å². The minimum absolute atomic E-state index is 0.261. The summed E-state index contributed by atoms with van der Waals surface area (Å²) in [4.78, 5) is 16.4. The van der Waals surface area contributed by atoms with Crippen LogP contribution in [0.25, 0.3) is 5.13 Å². The standard InChI is InChI=1S/C18H20FN5OS/c1-12-9-13(2)24(23-12)18-22-16(11-26-18)7-8-20-17(25)21-10-14-3-5-15(19)6-4-14/h3-6,9,11H,7-8,10H2,1-2H3,(H2,20,21,25). The number of amides is 2. The Morgan fingerprint density at radius 1 is 1.23 bits per heavy atom.